The number of nitrogens with one attached hydrogen (secondary N) is 2. The zero-order chi connectivity index (χ0) is 30.9. The van der Waals surface area contributed by atoms with Crippen molar-refractivity contribution in [3.8, 4) is 17.2 Å². The highest BCUT2D eigenvalue weighted by molar-refractivity contribution is 7.82. The molecule has 0 aliphatic rings. The molecule has 14 heteroatoms. The number of hydrogen-bond donors (Lipinski definition) is 5. The number of methoxy groups -OCH3 is 1. The summed E-state index contributed by atoms with van der Waals surface area (Å²) >= 11 is 9.90. The van der Waals surface area contributed by atoms with Crippen molar-refractivity contribution in [2.75, 3.05) is 25.7 Å². The Morgan fingerprint density at radius 2 is 1.36 bits per heavy atom. The van der Waals surface area contributed by atoms with Crippen LogP contribution in [-0.2, 0) is 39.4 Å². The van der Waals surface area contributed by atoms with E-state index in [1.807, 2.05) is 25.1 Å². The molecule has 0 heterocycles. The van der Waals surface area contributed by atoms with Gasteiger partial charge in [0, 0.05) is 0 Å². The van der Waals surface area contributed by atoms with Gasteiger partial charge < -0.3 is 25.5 Å². The minimum absolute atomic E-state index is 0.0596. The van der Waals surface area contributed by atoms with Gasteiger partial charge in [-0.25, -0.2) is 4.18 Å². The van der Waals surface area contributed by atoms with Crippen LogP contribution in [0.25, 0.3) is 0 Å². The molecule has 0 aromatic heterocycles. The second-order valence-corrected chi connectivity index (χ2v) is 8.62. The number of hydrogen-bond acceptors (Lipinski definition) is 10. The molecule has 0 aliphatic heterocycles. The lowest BCUT2D eigenvalue weighted by atomic mass is 10.2. The standard InChI is InChI=1S/C8H11NO.C7H9NO4S.C6H5ClO.C4H10.2H3NS/c1-6-3-4-8(10-2)7(9)5-6;1-11-13(9,10)12-7-5-3-2-4-6(7)8;7-5-3-1-2-4-6(5)8;1-3-4-2;2*1-2/h3-5H,9H2,1-2H3;2-5H,8H2,1H3;1-4,8H;3-4H2,1-2H3;2*1H,2H2. The van der Waals surface area contributed by atoms with Crippen LogP contribution < -0.4 is 20.4 Å². The second kappa shape index (κ2) is 25.4. The van der Waals surface area contributed by atoms with E-state index in [9.17, 15) is 8.42 Å². The highest BCUT2D eigenvalue weighted by Crippen LogP contribution is 2.22. The lowest BCUT2D eigenvalue weighted by Crippen LogP contribution is -2.11. The fourth-order valence-electron chi connectivity index (χ4n) is 2.01. The number of nitrogen functional groups attached to an aromatic ring is 2. The maximum absolute atomic E-state index is 10.8. The number of aromatic hydroxyl groups is 1. The molecule has 10 nitrogen and oxygen atoms in total. The lowest BCUT2D eigenvalue weighted by Gasteiger charge is -2.05. The van der Waals surface area contributed by atoms with Gasteiger partial charge in [0.1, 0.15) is 11.5 Å². The van der Waals surface area contributed by atoms with Crippen molar-refractivity contribution in [2.45, 2.75) is 33.6 Å². The Kier molecular flexibility index (Phi) is 26.5. The number of rotatable bonds is 5. The first-order chi connectivity index (χ1) is 18.5. The number of unbranched alkanes of at least 4 members (excludes halogenated alkanes) is 1. The first-order valence-electron chi connectivity index (χ1n) is 11.2. The van der Waals surface area contributed by atoms with Crippen LogP contribution in [0.4, 0.5) is 11.4 Å². The van der Waals surface area contributed by atoms with Gasteiger partial charge >= 0.3 is 10.4 Å². The molecule has 3 aromatic rings. The molecule has 3 aromatic carbocycles. The molecule has 3 rings (SSSR count). The summed E-state index contributed by atoms with van der Waals surface area (Å²) in [4.78, 5) is 0. The van der Waals surface area contributed by atoms with Crippen LogP contribution in [0.1, 0.15) is 32.3 Å². The Morgan fingerprint density at radius 3 is 1.74 bits per heavy atom. The van der Waals surface area contributed by atoms with Gasteiger partial charge in [-0.3, -0.25) is 9.56 Å². The maximum atomic E-state index is 10.8. The third-order valence-electron chi connectivity index (χ3n) is 4.05. The minimum Gasteiger partial charge on any atom is -0.506 e. The van der Waals surface area contributed by atoms with E-state index in [0.717, 1.165) is 18.4 Å². The van der Waals surface area contributed by atoms with Crippen molar-refractivity contribution in [1.29, 1.82) is 9.56 Å². The summed E-state index contributed by atoms with van der Waals surface area (Å²) in [6.45, 7) is 6.36. The average molecular weight is 625 g/mol. The molecule has 7 N–H and O–H groups in total. The average Bonchev–Trinajstić information content (AvgIpc) is 2.95. The fraction of sp³-hybridized carbons (Fsp3) is 0.280. The van der Waals surface area contributed by atoms with Gasteiger partial charge in [0.25, 0.3) is 0 Å². The van der Waals surface area contributed by atoms with E-state index < -0.39 is 10.4 Å². The van der Waals surface area contributed by atoms with Crippen molar-refractivity contribution < 1.29 is 26.6 Å². The molecule has 0 aliphatic carbocycles. The van der Waals surface area contributed by atoms with Crippen LogP contribution in [-0.4, -0.2) is 27.7 Å². The molecular weight excluding hydrogens is 584 g/mol. The SMILES string of the molecule is CCCC.COS(=O)(=O)Oc1ccccc1N.COc1ccc(C)cc1N.N=[SH2].N=[SH2].Oc1ccccc1Cl. The van der Waals surface area contributed by atoms with E-state index in [0.29, 0.717) is 10.7 Å². The summed E-state index contributed by atoms with van der Waals surface area (Å²) in [5.41, 5.74) is 13.1. The Balaban J connectivity index is -0.000000447. The van der Waals surface area contributed by atoms with Crippen LogP contribution in [0.15, 0.2) is 66.7 Å². The van der Waals surface area contributed by atoms with Crippen molar-refractivity contribution in [1.82, 2.24) is 0 Å². The van der Waals surface area contributed by atoms with E-state index >= 15 is 0 Å². The van der Waals surface area contributed by atoms with Gasteiger partial charge in [-0.15, -0.1) is 24.9 Å². The van der Waals surface area contributed by atoms with Crippen LogP contribution in [0.3, 0.4) is 0 Å². The molecule has 0 radical (unpaired) electrons. The number of halogens is 1. The summed E-state index contributed by atoms with van der Waals surface area (Å²) in [6.07, 6.45) is 2.64. The molecule has 0 atom stereocenters. The van der Waals surface area contributed by atoms with Crippen molar-refractivity contribution >= 4 is 58.2 Å². The predicted molar refractivity (Wildman–Crippen MR) is 169 cm³/mol. The topological polar surface area (TPSA) is 182 Å². The monoisotopic (exact) mass is 624 g/mol. The van der Waals surface area contributed by atoms with E-state index in [1.165, 1.54) is 25.0 Å². The Hall–Kier alpha value is -2.84. The van der Waals surface area contributed by atoms with Gasteiger partial charge in [-0.1, -0.05) is 68.6 Å². The van der Waals surface area contributed by atoms with Gasteiger partial charge in [-0.05, 0) is 48.9 Å². The third-order valence-corrected chi connectivity index (χ3v) is 5.16. The zero-order valence-corrected chi connectivity index (χ0v) is 26.3. The summed E-state index contributed by atoms with van der Waals surface area (Å²) in [5.74, 6) is 0.934. The molecule has 0 saturated heterocycles. The van der Waals surface area contributed by atoms with Gasteiger partial charge in [0.05, 0.1) is 30.6 Å². The second-order valence-electron chi connectivity index (χ2n) is 6.89. The van der Waals surface area contributed by atoms with Gasteiger partial charge in [0.15, 0.2) is 5.75 Å². The molecule has 0 unspecified atom stereocenters. The van der Waals surface area contributed by atoms with Crippen molar-refractivity contribution in [3.63, 3.8) is 0 Å². The summed E-state index contributed by atoms with van der Waals surface area (Å²) < 4.78 is 46.3. The molecule has 0 spiro atoms. The molecule has 0 saturated carbocycles. The highest BCUT2D eigenvalue weighted by Gasteiger charge is 2.12. The first-order valence-corrected chi connectivity index (χ1v) is 13.9. The predicted octanol–water partition coefficient (Wildman–Crippen LogP) is 5.50. The number of anilines is 2. The maximum Gasteiger partial charge on any atom is 0.448 e. The van der Waals surface area contributed by atoms with Crippen LogP contribution >= 0.6 is 11.6 Å². The van der Waals surface area contributed by atoms with Gasteiger partial charge in [-0.2, -0.15) is 8.42 Å². The van der Waals surface area contributed by atoms with E-state index in [4.69, 9.17) is 42.5 Å². The number of nitrogens with two attached hydrogens (primary N) is 2. The first kappa shape index (κ1) is 40.7. The third kappa shape index (κ3) is 20.8. The lowest BCUT2D eigenvalue weighted by molar-refractivity contribution is 0.331. The quantitative estimate of drug-likeness (QED) is 0.231. The van der Waals surface area contributed by atoms with E-state index in [2.05, 4.69) is 47.1 Å². The molecule has 0 fully saturated rings. The minimum atomic E-state index is -3.98. The molecule has 0 amide bonds. The van der Waals surface area contributed by atoms with E-state index in [-0.39, 0.29) is 17.2 Å². The van der Waals surface area contributed by atoms with Crippen molar-refractivity contribution in [3.05, 3.63) is 77.3 Å². The molecule has 222 valence electrons. The number of aryl methyl sites for hydroxylation is 1. The van der Waals surface area contributed by atoms with Crippen LogP contribution in [0, 0.1) is 16.5 Å². The number of phenolic OH excluding ortho intramolecular Hbond substituents is 1. The Morgan fingerprint density at radius 1 is 0.846 bits per heavy atom. The van der Waals surface area contributed by atoms with Gasteiger partial charge in [0.2, 0.25) is 0 Å². The smallest absolute Gasteiger partial charge is 0.448 e. The number of phenols is 1. The summed E-state index contributed by atoms with van der Waals surface area (Å²) in [7, 11) is -1.35. The van der Waals surface area contributed by atoms with Crippen LogP contribution in [0.5, 0.6) is 17.2 Å². The molecule has 39 heavy (non-hydrogen) atoms. The normalized spacial score (nSPS) is 9.03. The largest absolute Gasteiger partial charge is 0.506 e. The zero-order valence-electron chi connectivity index (χ0n) is 22.7. The number of ether oxygens (including phenoxy) is 1. The molecular formula is C25H41ClN4O6S3. The van der Waals surface area contributed by atoms with Crippen LogP contribution in [0.2, 0.25) is 5.02 Å². The summed E-state index contributed by atoms with van der Waals surface area (Å²) in [6, 6.07) is 18.6. The summed E-state index contributed by atoms with van der Waals surface area (Å²) in [5, 5.41) is 9.18. The highest BCUT2D eigenvalue weighted by atomic mass is 35.5. The molecule has 0 bridgehead atoms. The van der Waals surface area contributed by atoms with Crippen molar-refractivity contribution in [2.24, 2.45) is 0 Å². The number of para-hydroxylation sites is 3. The Labute approximate surface area is 247 Å². The Bertz CT molecular complexity index is 1130. The fourth-order valence-corrected chi connectivity index (χ4v) is 2.58. The van der Waals surface area contributed by atoms with E-state index in [1.54, 1.807) is 43.5 Å². The number of benzene rings is 3.